The number of hydrogen-bond donors (Lipinski definition) is 2. The van der Waals surface area contributed by atoms with Crippen LogP contribution in [0.15, 0.2) is 54.6 Å². The molecule has 0 aromatic heterocycles. The van der Waals surface area contributed by atoms with Crippen molar-refractivity contribution in [3.63, 3.8) is 0 Å². The molecular formula is C17H19NO3. The van der Waals surface area contributed by atoms with E-state index < -0.39 is 0 Å². The number of nitrogens with one attached hydrogen (secondary N) is 1. The van der Waals surface area contributed by atoms with E-state index in [1.54, 1.807) is 18.2 Å². The summed E-state index contributed by atoms with van der Waals surface area (Å²) in [5.74, 6) is 0.272. The Morgan fingerprint density at radius 2 is 1.81 bits per heavy atom. The third kappa shape index (κ3) is 4.07. The first-order chi connectivity index (χ1) is 10.2. The fraction of sp³-hybridized carbons (Fsp3) is 0.235. The standard InChI is InChI=1S/C17H19NO3/c1-21-16-10-6-5-9-15(16)17(20)18-14(12-19)11-13-7-3-2-4-8-13/h2-10,14,19H,11-12H2,1H3,(H,18,20)/t14-/m0/s1. The van der Waals surface area contributed by atoms with E-state index in [-0.39, 0.29) is 18.6 Å². The molecule has 2 N–H and O–H groups in total. The highest BCUT2D eigenvalue weighted by atomic mass is 16.5. The fourth-order valence-corrected chi connectivity index (χ4v) is 2.16. The number of methoxy groups -OCH3 is 1. The van der Waals surface area contributed by atoms with Crippen LogP contribution >= 0.6 is 0 Å². The number of carbonyl (C=O) groups is 1. The molecule has 4 heteroatoms. The van der Waals surface area contributed by atoms with E-state index >= 15 is 0 Å². The Balaban J connectivity index is 2.06. The van der Waals surface area contributed by atoms with Gasteiger partial charge in [-0.3, -0.25) is 4.79 Å². The molecule has 0 unspecified atom stereocenters. The molecule has 2 aromatic rings. The maximum absolute atomic E-state index is 12.3. The van der Waals surface area contributed by atoms with Crippen LogP contribution in [0.1, 0.15) is 15.9 Å². The van der Waals surface area contributed by atoms with Crippen molar-refractivity contribution < 1.29 is 14.6 Å². The Bertz CT molecular complexity index is 584. The third-order valence-corrected chi connectivity index (χ3v) is 3.23. The topological polar surface area (TPSA) is 58.6 Å². The van der Waals surface area contributed by atoms with Gasteiger partial charge in [0.25, 0.3) is 5.91 Å². The minimum Gasteiger partial charge on any atom is -0.496 e. The van der Waals surface area contributed by atoms with Crippen LogP contribution in [0.5, 0.6) is 5.75 Å². The number of ether oxygens (including phenoxy) is 1. The molecule has 0 spiro atoms. The molecule has 0 aliphatic carbocycles. The molecule has 0 aliphatic heterocycles. The molecule has 1 amide bonds. The first-order valence-corrected chi connectivity index (χ1v) is 6.83. The Labute approximate surface area is 124 Å². The van der Waals surface area contributed by atoms with E-state index in [1.165, 1.54) is 7.11 Å². The summed E-state index contributed by atoms with van der Waals surface area (Å²) in [4.78, 5) is 12.3. The number of aliphatic hydroxyl groups is 1. The molecule has 0 saturated carbocycles. The van der Waals surface area contributed by atoms with Crippen molar-refractivity contribution in [2.45, 2.75) is 12.5 Å². The van der Waals surface area contributed by atoms with Crippen LogP contribution in [0, 0.1) is 0 Å². The van der Waals surface area contributed by atoms with Gasteiger partial charge in [0, 0.05) is 0 Å². The minimum atomic E-state index is -0.329. The molecule has 0 fully saturated rings. The van der Waals surface area contributed by atoms with Crippen LogP contribution in [0.4, 0.5) is 0 Å². The Kier molecular flexibility index (Phi) is 5.35. The lowest BCUT2D eigenvalue weighted by molar-refractivity contribution is 0.0913. The zero-order valence-corrected chi connectivity index (χ0v) is 12.0. The summed E-state index contributed by atoms with van der Waals surface area (Å²) in [6.45, 7) is -0.115. The Morgan fingerprint density at radius 1 is 1.14 bits per heavy atom. The van der Waals surface area contributed by atoms with Crippen LogP contribution in [-0.2, 0) is 6.42 Å². The van der Waals surface area contributed by atoms with Gasteiger partial charge >= 0.3 is 0 Å². The summed E-state index contributed by atoms with van der Waals surface area (Å²) in [7, 11) is 1.53. The molecule has 0 radical (unpaired) electrons. The van der Waals surface area contributed by atoms with Crippen LogP contribution in [0.2, 0.25) is 0 Å². The summed E-state index contributed by atoms with van der Waals surface area (Å²) in [6.07, 6.45) is 0.582. The average Bonchev–Trinajstić information content (AvgIpc) is 2.55. The van der Waals surface area contributed by atoms with Crippen molar-refractivity contribution in [3.05, 3.63) is 65.7 Å². The number of aliphatic hydroxyl groups excluding tert-OH is 1. The summed E-state index contributed by atoms with van der Waals surface area (Å²) in [5.41, 5.74) is 1.53. The zero-order valence-electron chi connectivity index (χ0n) is 12.0. The van der Waals surface area contributed by atoms with Crippen molar-refractivity contribution >= 4 is 5.91 Å². The number of benzene rings is 2. The van der Waals surface area contributed by atoms with Crippen molar-refractivity contribution in [2.24, 2.45) is 0 Å². The first kappa shape index (κ1) is 15.1. The quantitative estimate of drug-likeness (QED) is 0.854. The first-order valence-electron chi connectivity index (χ1n) is 6.83. The van der Waals surface area contributed by atoms with Gasteiger partial charge in [-0.1, -0.05) is 42.5 Å². The summed E-state index contributed by atoms with van der Waals surface area (Å²) < 4.78 is 5.18. The molecular weight excluding hydrogens is 266 g/mol. The summed E-state index contributed by atoms with van der Waals surface area (Å²) in [5, 5.41) is 12.3. The van der Waals surface area contributed by atoms with Gasteiger partial charge in [0.05, 0.1) is 25.3 Å². The highest BCUT2D eigenvalue weighted by Crippen LogP contribution is 2.17. The van der Waals surface area contributed by atoms with Gasteiger partial charge in [-0.25, -0.2) is 0 Å². The highest BCUT2D eigenvalue weighted by Gasteiger charge is 2.16. The van der Waals surface area contributed by atoms with Gasteiger partial charge in [0.2, 0.25) is 0 Å². The third-order valence-electron chi connectivity index (χ3n) is 3.23. The maximum Gasteiger partial charge on any atom is 0.255 e. The average molecular weight is 285 g/mol. The fourth-order valence-electron chi connectivity index (χ4n) is 2.16. The predicted octanol–water partition coefficient (Wildman–Crippen LogP) is 2.03. The van der Waals surface area contributed by atoms with E-state index in [1.807, 2.05) is 36.4 Å². The second-order valence-electron chi connectivity index (χ2n) is 4.74. The van der Waals surface area contributed by atoms with Crippen molar-refractivity contribution in [3.8, 4) is 5.75 Å². The summed E-state index contributed by atoms with van der Waals surface area (Å²) >= 11 is 0. The highest BCUT2D eigenvalue weighted by molar-refractivity contribution is 5.97. The van der Waals surface area contributed by atoms with Crippen LogP contribution in [0.3, 0.4) is 0 Å². The van der Waals surface area contributed by atoms with Gasteiger partial charge in [0.15, 0.2) is 0 Å². The predicted molar refractivity (Wildman–Crippen MR) is 81.5 cm³/mol. The monoisotopic (exact) mass is 285 g/mol. The molecule has 0 aliphatic rings. The number of amides is 1. The lowest BCUT2D eigenvalue weighted by atomic mass is 10.1. The van der Waals surface area contributed by atoms with Crippen LogP contribution in [0.25, 0.3) is 0 Å². The van der Waals surface area contributed by atoms with Gasteiger partial charge in [0.1, 0.15) is 5.75 Å². The van der Waals surface area contributed by atoms with Crippen molar-refractivity contribution in [1.82, 2.24) is 5.32 Å². The van der Waals surface area contributed by atoms with Crippen LogP contribution in [-0.4, -0.2) is 30.8 Å². The second-order valence-corrected chi connectivity index (χ2v) is 4.74. The van der Waals surface area contributed by atoms with E-state index in [2.05, 4.69) is 5.32 Å². The smallest absolute Gasteiger partial charge is 0.255 e. The minimum absolute atomic E-state index is 0.115. The van der Waals surface area contributed by atoms with Crippen molar-refractivity contribution in [2.75, 3.05) is 13.7 Å². The Morgan fingerprint density at radius 3 is 2.48 bits per heavy atom. The molecule has 1 atom stereocenters. The van der Waals surface area contributed by atoms with E-state index in [4.69, 9.17) is 4.74 Å². The maximum atomic E-state index is 12.3. The van der Waals surface area contributed by atoms with E-state index in [9.17, 15) is 9.90 Å². The largest absolute Gasteiger partial charge is 0.496 e. The SMILES string of the molecule is COc1ccccc1C(=O)N[C@H](CO)Cc1ccccc1. The molecule has 110 valence electrons. The molecule has 2 rings (SSSR count). The van der Waals surface area contributed by atoms with E-state index in [0.717, 1.165) is 5.56 Å². The van der Waals surface area contributed by atoms with Gasteiger partial charge in [-0.2, -0.15) is 0 Å². The number of hydrogen-bond acceptors (Lipinski definition) is 3. The number of carbonyl (C=O) groups excluding carboxylic acids is 1. The normalized spacial score (nSPS) is 11.7. The van der Waals surface area contributed by atoms with Crippen molar-refractivity contribution in [1.29, 1.82) is 0 Å². The Hall–Kier alpha value is -2.33. The molecule has 0 heterocycles. The lowest BCUT2D eigenvalue weighted by Crippen LogP contribution is -2.39. The zero-order chi connectivity index (χ0) is 15.1. The molecule has 2 aromatic carbocycles. The molecule has 4 nitrogen and oxygen atoms in total. The second kappa shape index (κ2) is 7.45. The molecule has 0 bridgehead atoms. The van der Waals surface area contributed by atoms with Gasteiger partial charge < -0.3 is 15.2 Å². The number of para-hydroxylation sites is 1. The summed E-state index contributed by atoms with van der Waals surface area (Å²) in [6, 6.07) is 16.4. The number of rotatable bonds is 6. The van der Waals surface area contributed by atoms with Gasteiger partial charge in [-0.15, -0.1) is 0 Å². The molecule has 21 heavy (non-hydrogen) atoms. The lowest BCUT2D eigenvalue weighted by Gasteiger charge is -2.17. The van der Waals surface area contributed by atoms with E-state index in [0.29, 0.717) is 17.7 Å². The van der Waals surface area contributed by atoms with Gasteiger partial charge in [-0.05, 0) is 24.1 Å². The molecule has 0 saturated heterocycles. The van der Waals surface area contributed by atoms with Crippen LogP contribution < -0.4 is 10.1 Å².